The molecule has 0 heterocycles. The third kappa shape index (κ3) is 4.12. The van der Waals surface area contributed by atoms with Crippen LogP contribution in [0.15, 0.2) is 18.2 Å². The largest absolute Gasteiger partial charge is 0.387 e. The van der Waals surface area contributed by atoms with Gasteiger partial charge < -0.3 is 15.7 Å². The SMILES string of the molecule is CN(C)CCC(N)C(O)c1c(Cl)cccc1Cl. The van der Waals surface area contributed by atoms with Crippen molar-refractivity contribution in [3.63, 3.8) is 0 Å². The Kier molecular flexibility index (Phi) is 5.70. The maximum atomic E-state index is 10.2. The lowest BCUT2D eigenvalue weighted by Gasteiger charge is -2.22. The molecule has 1 aromatic rings. The zero-order chi connectivity index (χ0) is 13.0. The Hall–Kier alpha value is -0.320. The minimum atomic E-state index is -0.837. The summed E-state index contributed by atoms with van der Waals surface area (Å²) in [7, 11) is 3.92. The van der Waals surface area contributed by atoms with E-state index in [-0.39, 0.29) is 6.04 Å². The van der Waals surface area contributed by atoms with Crippen LogP contribution in [0.2, 0.25) is 10.0 Å². The number of aliphatic hydroxyl groups is 1. The Labute approximate surface area is 112 Å². The Bertz CT molecular complexity index is 351. The van der Waals surface area contributed by atoms with E-state index in [0.717, 1.165) is 6.54 Å². The molecule has 0 aliphatic heterocycles. The lowest BCUT2D eigenvalue weighted by molar-refractivity contribution is 0.138. The van der Waals surface area contributed by atoms with Crippen LogP contribution in [0.3, 0.4) is 0 Å². The van der Waals surface area contributed by atoms with Gasteiger partial charge in [0.15, 0.2) is 0 Å². The molecule has 5 heteroatoms. The highest BCUT2D eigenvalue weighted by Crippen LogP contribution is 2.32. The van der Waals surface area contributed by atoms with Crippen LogP contribution in [-0.2, 0) is 0 Å². The number of nitrogens with zero attached hydrogens (tertiary/aromatic N) is 1. The molecule has 0 spiro atoms. The maximum absolute atomic E-state index is 10.2. The number of hydrogen-bond acceptors (Lipinski definition) is 3. The normalized spacial score (nSPS) is 15.0. The number of benzene rings is 1. The first kappa shape index (κ1) is 14.7. The molecule has 96 valence electrons. The van der Waals surface area contributed by atoms with Crippen molar-refractivity contribution in [2.75, 3.05) is 20.6 Å². The van der Waals surface area contributed by atoms with Crippen LogP contribution >= 0.6 is 23.2 Å². The van der Waals surface area contributed by atoms with E-state index in [1.807, 2.05) is 19.0 Å². The van der Waals surface area contributed by atoms with Crippen molar-refractivity contribution in [1.29, 1.82) is 0 Å². The van der Waals surface area contributed by atoms with Gasteiger partial charge in [-0.1, -0.05) is 29.3 Å². The summed E-state index contributed by atoms with van der Waals surface area (Å²) in [6.07, 6.45) is -0.161. The molecule has 0 saturated carbocycles. The molecule has 2 atom stereocenters. The third-order valence-electron chi connectivity index (χ3n) is 2.61. The summed E-state index contributed by atoms with van der Waals surface area (Å²) in [6, 6.07) is 4.76. The van der Waals surface area contributed by atoms with Crippen molar-refractivity contribution < 1.29 is 5.11 Å². The van der Waals surface area contributed by atoms with Gasteiger partial charge in [-0.05, 0) is 39.2 Å². The molecule has 0 bridgehead atoms. The number of hydrogen-bond donors (Lipinski definition) is 2. The van der Waals surface area contributed by atoms with E-state index >= 15 is 0 Å². The second-order valence-corrected chi connectivity index (χ2v) is 5.15. The van der Waals surface area contributed by atoms with Crippen LogP contribution in [0.1, 0.15) is 18.1 Å². The van der Waals surface area contributed by atoms with E-state index in [1.165, 1.54) is 0 Å². The van der Waals surface area contributed by atoms with Crippen molar-refractivity contribution in [3.05, 3.63) is 33.8 Å². The van der Waals surface area contributed by atoms with E-state index in [0.29, 0.717) is 22.0 Å². The molecule has 1 rings (SSSR count). The van der Waals surface area contributed by atoms with E-state index < -0.39 is 6.10 Å². The van der Waals surface area contributed by atoms with E-state index in [4.69, 9.17) is 28.9 Å². The third-order valence-corrected chi connectivity index (χ3v) is 3.27. The van der Waals surface area contributed by atoms with Gasteiger partial charge >= 0.3 is 0 Å². The average Bonchev–Trinajstić information content (AvgIpc) is 2.25. The Morgan fingerprint density at radius 2 is 1.82 bits per heavy atom. The summed E-state index contributed by atoms with van der Waals surface area (Å²) >= 11 is 12.0. The van der Waals surface area contributed by atoms with Crippen molar-refractivity contribution in [1.82, 2.24) is 4.90 Å². The van der Waals surface area contributed by atoms with Crippen molar-refractivity contribution in [3.8, 4) is 0 Å². The van der Waals surface area contributed by atoms with Crippen LogP contribution in [0.5, 0.6) is 0 Å². The zero-order valence-corrected chi connectivity index (χ0v) is 11.5. The monoisotopic (exact) mass is 276 g/mol. The van der Waals surface area contributed by atoms with Gasteiger partial charge in [-0.2, -0.15) is 0 Å². The fraction of sp³-hybridized carbons (Fsp3) is 0.500. The van der Waals surface area contributed by atoms with Crippen LogP contribution in [0.4, 0.5) is 0 Å². The second-order valence-electron chi connectivity index (χ2n) is 4.34. The molecule has 0 saturated heterocycles. The second kappa shape index (κ2) is 6.57. The molecular weight excluding hydrogens is 259 g/mol. The predicted octanol–water partition coefficient (Wildman–Crippen LogP) is 2.31. The summed E-state index contributed by atoms with van der Waals surface area (Å²) in [6.45, 7) is 0.806. The predicted molar refractivity (Wildman–Crippen MR) is 72.6 cm³/mol. The minimum absolute atomic E-state index is 0.380. The number of aliphatic hydroxyl groups excluding tert-OH is 1. The Morgan fingerprint density at radius 3 is 2.29 bits per heavy atom. The Morgan fingerprint density at radius 1 is 1.29 bits per heavy atom. The topological polar surface area (TPSA) is 49.5 Å². The zero-order valence-electron chi connectivity index (χ0n) is 10.0. The van der Waals surface area contributed by atoms with Gasteiger partial charge in [-0.3, -0.25) is 0 Å². The fourth-order valence-electron chi connectivity index (χ4n) is 1.57. The highest BCUT2D eigenvalue weighted by Gasteiger charge is 2.21. The highest BCUT2D eigenvalue weighted by molar-refractivity contribution is 6.36. The molecule has 1 aromatic carbocycles. The lowest BCUT2D eigenvalue weighted by Crippen LogP contribution is -2.32. The van der Waals surface area contributed by atoms with Gasteiger partial charge in [0.05, 0.1) is 6.10 Å². The first-order valence-corrected chi connectivity index (χ1v) is 6.21. The van der Waals surface area contributed by atoms with Crippen molar-refractivity contribution in [2.24, 2.45) is 5.73 Å². The van der Waals surface area contributed by atoms with E-state index in [9.17, 15) is 5.11 Å². The first-order valence-electron chi connectivity index (χ1n) is 5.45. The molecule has 2 unspecified atom stereocenters. The van der Waals surface area contributed by atoms with Crippen LogP contribution in [-0.4, -0.2) is 36.7 Å². The first-order chi connectivity index (χ1) is 7.93. The molecule has 0 amide bonds. The van der Waals surface area contributed by atoms with Gasteiger partial charge in [0.1, 0.15) is 0 Å². The lowest BCUT2D eigenvalue weighted by atomic mass is 10.00. The van der Waals surface area contributed by atoms with Gasteiger partial charge in [-0.25, -0.2) is 0 Å². The summed E-state index contributed by atoms with van der Waals surface area (Å²) in [5.74, 6) is 0. The average molecular weight is 277 g/mol. The van der Waals surface area contributed by atoms with E-state index in [1.54, 1.807) is 18.2 Å². The van der Waals surface area contributed by atoms with Gasteiger partial charge in [-0.15, -0.1) is 0 Å². The van der Waals surface area contributed by atoms with Gasteiger partial charge in [0.2, 0.25) is 0 Å². The summed E-state index contributed by atoms with van der Waals surface area (Å²) in [5, 5.41) is 11.0. The quantitative estimate of drug-likeness (QED) is 0.868. The number of halogens is 2. The van der Waals surface area contributed by atoms with Gasteiger partial charge in [0.25, 0.3) is 0 Å². The molecule has 0 radical (unpaired) electrons. The molecule has 3 nitrogen and oxygen atoms in total. The van der Waals surface area contributed by atoms with Gasteiger partial charge in [0, 0.05) is 21.7 Å². The molecule has 0 aliphatic carbocycles. The molecule has 0 aromatic heterocycles. The van der Waals surface area contributed by atoms with Crippen molar-refractivity contribution in [2.45, 2.75) is 18.6 Å². The summed E-state index contributed by atoms with van der Waals surface area (Å²) < 4.78 is 0. The standard InChI is InChI=1S/C12H18Cl2N2O/c1-16(2)7-6-10(15)12(17)11-8(13)4-3-5-9(11)14/h3-5,10,12,17H,6-7,15H2,1-2H3. The van der Waals surface area contributed by atoms with Crippen LogP contribution < -0.4 is 5.73 Å². The molecular formula is C12H18Cl2N2O. The highest BCUT2D eigenvalue weighted by atomic mass is 35.5. The fourth-order valence-corrected chi connectivity index (χ4v) is 2.19. The van der Waals surface area contributed by atoms with Crippen LogP contribution in [0, 0.1) is 0 Å². The van der Waals surface area contributed by atoms with E-state index in [2.05, 4.69) is 0 Å². The molecule has 3 N–H and O–H groups in total. The number of nitrogens with two attached hydrogens (primary N) is 1. The van der Waals surface area contributed by atoms with Crippen LogP contribution in [0.25, 0.3) is 0 Å². The van der Waals surface area contributed by atoms with Crippen molar-refractivity contribution >= 4 is 23.2 Å². The minimum Gasteiger partial charge on any atom is -0.387 e. The summed E-state index contributed by atoms with van der Waals surface area (Å²) in [4.78, 5) is 2.01. The molecule has 0 aliphatic rings. The number of rotatable bonds is 5. The molecule has 17 heavy (non-hydrogen) atoms. The molecule has 0 fully saturated rings. The Balaban J connectivity index is 2.78. The summed E-state index contributed by atoms with van der Waals surface area (Å²) in [5.41, 5.74) is 6.46. The maximum Gasteiger partial charge on any atom is 0.0970 e. The smallest absolute Gasteiger partial charge is 0.0970 e.